The molecule has 0 saturated heterocycles. The Kier molecular flexibility index (Phi) is 8.30. The molecule has 2 aromatic carbocycles. The number of nitrogens with zero attached hydrogens (tertiary/aromatic N) is 1. The minimum Gasteiger partial charge on any atom is -0.466 e. The highest BCUT2D eigenvalue weighted by molar-refractivity contribution is 9.15. The largest absolute Gasteiger partial charge is 0.466 e. The Labute approximate surface area is 172 Å². The molecule has 1 amide bonds. The van der Waals surface area contributed by atoms with E-state index in [1.165, 1.54) is 13.2 Å². The van der Waals surface area contributed by atoms with Crippen molar-refractivity contribution in [1.29, 1.82) is 0 Å². The quantitative estimate of drug-likeness (QED) is 0.450. The predicted octanol–water partition coefficient (Wildman–Crippen LogP) is 4.83. The van der Waals surface area contributed by atoms with Crippen LogP contribution in [0.4, 0.5) is 0 Å². The Morgan fingerprint density at radius 1 is 1.07 bits per heavy atom. The number of hydrogen-bond donors (Lipinski definition) is 0. The number of ether oxygens (including phenoxy) is 1. The van der Waals surface area contributed by atoms with Crippen molar-refractivity contribution in [1.82, 2.24) is 4.90 Å². The van der Waals surface area contributed by atoms with Crippen molar-refractivity contribution in [2.75, 3.05) is 13.7 Å². The van der Waals surface area contributed by atoms with Crippen LogP contribution in [0.5, 0.6) is 0 Å². The van der Waals surface area contributed by atoms with E-state index < -0.39 is 5.97 Å². The molecule has 0 aliphatic rings. The molecule has 0 fully saturated rings. The lowest BCUT2D eigenvalue weighted by Crippen LogP contribution is -2.29. The molecule has 6 heteroatoms. The maximum Gasteiger partial charge on any atom is 0.330 e. The molecule has 27 heavy (non-hydrogen) atoms. The maximum absolute atomic E-state index is 12.5. The minimum absolute atomic E-state index is 0.281. The summed E-state index contributed by atoms with van der Waals surface area (Å²) >= 11 is 9.45. The molecule has 140 valence electrons. The maximum atomic E-state index is 12.5. The number of hydrogen-bond acceptors (Lipinski definition) is 3. The average molecular weight is 449 g/mol. The van der Waals surface area contributed by atoms with Gasteiger partial charge in [0.25, 0.3) is 0 Å². The van der Waals surface area contributed by atoms with Crippen LogP contribution in [-0.2, 0) is 20.9 Å². The van der Waals surface area contributed by atoms with Crippen LogP contribution in [0.2, 0.25) is 5.02 Å². The van der Waals surface area contributed by atoms with Gasteiger partial charge in [-0.1, -0.05) is 76.1 Å². The molecule has 0 aliphatic carbocycles. The lowest BCUT2D eigenvalue weighted by molar-refractivity contribution is -0.135. The number of benzene rings is 2. The molecule has 2 aromatic rings. The first-order chi connectivity index (χ1) is 13.0. The molecule has 0 heterocycles. The van der Waals surface area contributed by atoms with E-state index in [9.17, 15) is 9.59 Å². The fourth-order valence-corrected chi connectivity index (χ4v) is 2.80. The fraction of sp³-hybridized carbons (Fsp3) is 0.143. The van der Waals surface area contributed by atoms with Gasteiger partial charge in [-0.2, -0.15) is 0 Å². The zero-order valence-corrected chi connectivity index (χ0v) is 17.1. The lowest BCUT2D eigenvalue weighted by atomic mass is 10.2. The highest BCUT2D eigenvalue weighted by atomic mass is 79.9. The molecule has 0 unspecified atom stereocenters. The van der Waals surface area contributed by atoms with Gasteiger partial charge in [0.2, 0.25) is 5.91 Å². The van der Waals surface area contributed by atoms with Crippen molar-refractivity contribution in [3.05, 3.63) is 89.0 Å². The van der Waals surface area contributed by atoms with E-state index in [1.54, 1.807) is 17.0 Å². The number of halogens is 2. The second-order valence-electron chi connectivity index (χ2n) is 5.62. The minimum atomic E-state index is -0.569. The van der Waals surface area contributed by atoms with Crippen molar-refractivity contribution < 1.29 is 14.3 Å². The molecular formula is C21H19BrClNO3. The first-order valence-corrected chi connectivity index (χ1v) is 9.37. The van der Waals surface area contributed by atoms with Crippen LogP contribution in [0.15, 0.2) is 72.8 Å². The van der Waals surface area contributed by atoms with Gasteiger partial charge in [-0.05, 0) is 23.3 Å². The van der Waals surface area contributed by atoms with Crippen LogP contribution in [0, 0.1) is 0 Å². The van der Waals surface area contributed by atoms with Gasteiger partial charge in [-0.3, -0.25) is 4.79 Å². The second kappa shape index (κ2) is 10.7. The van der Waals surface area contributed by atoms with Gasteiger partial charge in [-0.25, -0.2) is 4.79 Å². The zero-order valence-electron chi connectivity index (χ0n) is 14.8. The van der Waals surface area contributed by atoms with E-state index in [2.05, 4.69) is 20.7 Å². The molecule has 4 nitrogen and oxygen atoms in total. The summed E-state index contributed by atoms with van der Waals surface area (Å²) < 4.78 is 5.39. The van der Waals surface area contributed by atoms with Crippen LogP contribution >= 0.6 is 27.5 Å². The molecule has 0 saturated carbocycles. The standard InChI is InChI=1S/C21H19BrClNO3/c1-27-21(26)12-11-20(25)24(15-16-5-3-2-4-6-16)14-13-19(22)17-7-9-18(23)10-8-17/h2-13H,14-15H2,1H3/b12-11+,19-13-. The van der Waals surface area contributed by atoms with E-state index in [1.807, 2.05) is 48.5 Å². The number of rotatable bonds is 7. The van der Waals surface area contributed by atoms with Crippen molar-refractivity contribution in [2.24, 2.45) is 0 Å². The number of methoxy groups -OCH3 is 1. The first kappa shape index (κ1) is 20.9. The third kappa shape index (κ3) is 7.04. The summed E-state index contributed by atoms with van der Waals surface area (Å²) in [4.78, 5) is 25.4. The van der Waals surface area contributed by atoms with Crippen LogP contribution in [0.1, 0.15) is 11.1 Å². The molecule has 0 spiro atoms. The summed E-state index contributed by atoms with van der Waals surface area (Å²) in [6, 6.07) is 17.0. The Morgan fingerprint density at radius 2 is 1.74 bits per heavy atom. The van der Waals surface area contributed by atoms with Crippen LogP contribution in [0.3, 0.4) is 0 Å². The summed E-state index contributed by atoms with van der Waals surface area (Å²) in [5.41, 5.74) is 1.95. The van der Waals surface area contributed by atoms with Crippen molar-refractivity contribution in [3.63, 3.8) is 0 Å². The first-order valence-electron chi connectivity index (χ1n) is 8.20. The fourth-order valence-electron chi connectivity index (χ4n) is 2.27. The van der Waals surface area contributed by atoms with Gasteiger partial charge in [0.15, 0.2) is 0 Å². The monoisotopic (exact) mass is 447 g/mol. The van der Waals surface area contributed by atoms with E-state index in [-0.39, 0.29) is 5.91 Å². The van der Waals surface area contributed by atoms with E-state index in [4.69, 9.17) is 11.6 Å². The molecule has 0 bridgehead atoms. The average Bonchev–Trinajstić information content (AvgIpc) is 2.70. The Morgan fingerprint density at radius 3 is 2.37 bits per heavy atom. The molecule has 0 aromatic heterocycles. The SMILES string of the molecule is COC(=O)/C=C/C(=O)N(C/C=C(\Br)c1ccc(Cl)cc1)Cc1ccccc1. The number of amides is 1. The van der Waals surface area contributed by atoms with Crippen molar-refractivity contribution in [2.45, 2.75) is 6.54 Å². The molecule has 0 atom stereocenters. The predicted molar refractivity (Wildman–Crippen MR) is 111 cm³/mol. The van der Waals surface area contributed by atoms with Crippen LogP contribution < -0.4 is 0 Å². The Balaban J connectivity index is 2.16. The molecule has 0 radical (unpaired) electrons. The van der Waals surface area contributed by atoms with Crippen molar-refractivity contribution >= 4 is 43.9 Å². The Hall–Kier alpha value is -2.37. The third-order valence-electron chi connectivity index (χ3n) is 3.70. The third-order valence-corrected chi connectivity index (χ3v) is 4.74. The number of carbonyl (C=O) groups is 2. The van der Waals surface area contributed by atoms with Gasteiger partial charge in [0.05, 0.1) is 7.11 Å². The highest BCUT2D eigenvalue weighted by Crippen LogP contribution is 2.23. The normalized spacial score (nSPS) is 11.4. The van der Waals surface area contributed by atoms with Gasteiger partial charge < -0.3 is 9.64 Å². The van der Waals surface area contributed by atoms with E-state index >= 15 is 0 Å². The second-order valence-corrected chi connectivity index (χ2v) is 6.91. The van der Waals surface area contributed by atoms with E-state index in [0.29, 0.717) is 18.1 Å². The van der Waals surface area contributed by atoms with Gasteiger partial charge in [-0.15, -0.1) is 0 Å². The highest BCUT2D eigenvalue weighted by Gasteiger charge is 2.11. The summed E-state index contributed by atoms with van der Waals surface area (Å²) in [7, 11) is 1.27. The van der Waals surface area contributed by atoms with Crippen LogP contribution in [0.25, 0.3) is 4.48 Å². The smallest absolute Gasteiger partial charge is 0.330 e. The molecule has 0 N–H and O–H groups in total. The van der Waals surface area contributed by atoms with E-state index in [0.717, 1.165) is 21.7 Å². The summed E-state index contributed by atoms with van der Waals surface area (Å²) in [5.74, 6) is -0.849. The number of esters is 1. The summed E-state index contributed by atoms with van der Waals surface area (Å²) in [5, 5.41) is 0.660. The molecule has 0 aliphatic heterocycles. The van der Waals surface area contributed by atoms with Crippen LogP contribution in [-0.4, -0.2) is 30.4 Å². The molecule has 2 rings (SSSR count). The van der Waals surface area contributed by atoms with Gasteiger partial charge >= 0.3 is 5.97 Å². The van der Waals surface area contributed by atoms with Gasteiger partial charge in [0, 0.05) is 34.7 Å². The molecular weight excluding hydrogens is 430 g/mol. The zero-order chi connectivity index (χ0) is 19.6. The summed E-state index contributed by atoms with van der Waals surface area (Å²) in [6.07, 6.45) is 4.24. The van der Waals surface area contributed by atoms with Gasteiger partial charge in [0.1, 0.15) is 0 Å². The summed E-state index contributed by atoms with van der Waals surface area (Å²) in [6.45, 7) is 0.783. The topological polar surface area (TPSA) is 46.6 Å². The lowest BCUT2D eigenvalue weighted by Gasteiger charge is -2.20. The number of carbonyl (C=O) groups excluding carboxylic acids is 2. The van der Waals surface area contributed by atoms with Crippen molar-refractivity contribution in [3.8, 4) is 0 Å². The Bertz CT molecular complexity index is 832.